The highest BCUT2D eigenvalue weighted by molar-refractivity contribution is 6.30. The van der Waals surface area contributed by atoms with Crippen molar-refractivity contribution in [2.24, 2.45) is 11.8 Å². The highest BCUT2D eigenvalue weighted by Crippen LogP contribution is 2.27. The van der Waals surface area contributed by atoms with Gasteiger partial charge in [0.2, 0.25) is 5.91 Å². The second-order valence-corrected chi connectivity index (χ2v) is 5.40. The van der Waals surface area contributed by atoms with E-state index in [-0.39, 0.29) is 11.8 Å². The average Bonchev–Trinajstić information content (AvgIpc) is 2.76. The predicted molar refractivity (Wildman–Crippen MR) is 72.0 cm³/mol. The quantitative estimate of drug-likeness (QED) is 0.923. The summed E-state index contributed by atoms with van der Waals surface area (Å²) in [6.07, 6.45) is 0.651. The van der Waals surface area contributed by atoms with Crippen molar-refractivity contribution in [1.82, 2.24) is 4.90 Å². The van der Waals surface area contributed by atoms with Crippen molar-refractivity contribution >= 4 is 23.5 Å². The molecule has 4 nitrogen and oxygen atoms in total. The van der Waals surface area contributed by atoms with Crippen molar-refractivity contribution < 1.29 is 14.7 Å². The molecule has 2 rings (SSSR count). The minimum absolute atomic E-state index is 0.0393. The van der Waals surface area contributed by atoms with Crippen molar-refractivity contribution in [1.29, 1.82) is 0 Å². The maximum atomic E-state index is 11.4. The summed E-state index contributed by atoms with van der Waals surface area (Å²) in [4.78, 5) is 24.2. The lowest BCUT2D eigenvalue weighted by molar-refractivity contribution is -0.142. The summed E-state index contributed by atoms with van der Waals surface area (Å²) in [5, 5.41) is 9.91. The molecule has 1 aromatic carbocycles. The summed E-state index contributed by atoms with van der Waals surface area (Å²) in [6.45, 7) is 2.29. The number of carbonyl (C=O) groups is 2. The van der Waals surface area contributed by atoms with Crippen molar-refractivity contribution in [3.8, 4) is 0 Å². The number of nitrogens with zero attached hydrogens (tertiary/aromatic N) is 1. The van der Waals surface area contributed by atoms with Crippen molar-refractivity contribution in [3.63, 3.8) is 0 Å². The molecule has 1 heterocycles. The molecule has 1 N–H and O–H groups in total. The molecule has 0 spiro atoms. The number of carboxylic acids is 1. The van der Waals surface area contributed by atoms with Crippen LogP contribution in [0.25, 0.3) is 0 Å². The summed E-state index contributed by atoms with van der Waals surface area (Å²) in [6, 6.07) is 7.39. The van der Waals surface area contributed by atoms with E-state index in [1.807, 2.05) is 12.1 Å². The second-order valence-electron chi connectivity index (χ2n) is 4.96. The van der Waals surface area contributed by atoms with Crippen LogP contribution in [0, 0.1) is 11.8 Å². The number of carboxylic acid groups (broad SMARTS) is 1. The molecule has 0 aliphatic carbocycles. The maximum absolute atomic E-state index is 11.4. The number of carbonyl (C=O) groups excluding carboxylic acids is 1. The molecular weight excluding hydrogens is 266 g/mol. The van der Waals surface area contributed by atoms with E-state index in [1.54, 1.807) is 17.0 Å². The van der Waals surface area contributed by atoms with Gasteiger partial charge in [-0.25, -0.2) is 0 Å². The first-order valence-electron chi connectivity index (χ1n) is 6.20. The van der Waals surface area contributed by atoms with Crippen molar-refractivity contribution in [2.75, 3.05) is 13.1 Å². The molecule has 1 aliphatic rings. The molecule has 5 heteroatoms. The molecule has 102 valence electrons. The Labute approximate surface area is 117 Å². The van der Waals surface area contributed by atoms with Crippen LogP contribution in [-0.4, -0.2) is 35.0 Å². The van der Waals surface area contributed by atoms with Gasteiger partial charge in [0.15, 0.2) is 0 Å². The third-order valence-electron chi connectivity index (χ3n) is 3.61. The van der Waals surface area contributed by atoms with Gasteiger partial charge in [0.1, 0.15) is 0 Å². The highest BCUT2D eigenvalue weighted by Gasteiger charge is 2.38. The van der Waals surface area contributed by atoms with Crippen LogP contribution in [0.2, 0.25) is 5.02 Å². The lowest BCUT2D eigenvalue weighted by atomic mass is 9.90. The average molecular weight is 282 g/mol. The lowest BCUT2D eigenvalue weighted by Crippen LogP contribution is -2.27. The molecule has 19 heavy (non-hydrogen) atoms. The molecule has 0 aromatic heterocycles. The Hall–Kier alpha value is -1.55. The number of aliphatic carboxylic acids is 1. The molecule has 0 saturated carbocycles. The highest BCUT2D eigenvalue weighted by atomic mass is 35.5. The van der Waals surface area contributed by atoms with Crippen LogP contribution in [0.1, 0.15) is 12.5 Å². The number of benzene rings is 1. The van der Waals surface area contributed by atoms with Crippen LogP contribution in [0.4, 0.5) is 0 Å². The molecule has 1 aromatic rings. The summed E-state index contributed by atoms with van der Waals surface area (Å²) in [7, 11) is 0. The fourth-order valence-corrected chi connectivity index (χ4v) is 2.66. The first kappa shape index (κ1) is 13.9. The van der Waals surface area contributed by atoms with E-state index in [0.717, 1.165) is 5.56 Å². The Morgan fingerprint density at radius 3 is 2.47 bits per heavy atom. The number of hydrogen-bond acceptors (Lipinski definition) is 2. The minimum Gasteiger partial charge on any atom is -0.481 e. The fourth-order valence-electron chi connectivity index (χ4n) is 2.54. The van der Waals surface area contributed by atoms with Gasteiger partial charge in [0.25, 0.3) is 0 Å². The SMILES string of the molecule is CC(=O)N1CC(Cc2ccc(Cl)cc2)C(C(=O)O)C1. The van der Waals surface area contributed by atoms with Gasteiger partial charge in [0, 0.05) is 25.0 Å². The van der Waals surface area contributed by atoms with Gasteiger partial charge in [0.05, 0.1) is 5.92 Å². The summed E-state index contributed by atoms with van der Waals surface area (Å²) in [5.41, 5.74) is 1.05. The second kappa shape index (κ2) is 5.61. The van der Waals surface area contributed by atoms with Crippen molar-refractivity contribution in [2.45, 2.75) is 13.3 Å². The summed E-state index contributed by atoms with van der Waals surface area (Å²) < 4.78 is 0. The van der Waals surface area contributed by atoms with Gasteiger partial charge in [-0.1, -0.05) is 23.7 Å². The fraction of sp³-hybridized carbons (Fsp3) is 0.429. The smallest absolute Gasteiger partial charge is 0.308 e. The standard InChI is InChI=1S/C14H16ClNO3/c1-9(17)16-7-11(13(8-16)14(18)19)6-10-2-4-12(15)5-3-10/h2-5,11,13H,6-8H2,1H3,(H,18,19). The van der Waals surface area contributed by atoms with Crippen LogP contribution < -0.4 is 0 Å². The monoisotopic (exact) mass is 281 g/mol. The number of likely N-dealkylation sites (tertiary alicyclic amines) is 1. The number of hydrogen-bond donors (Lipinski definition) is 1. The van der Waals surface area contributed by atoms with Gasteiger partial charge in [-0.2, -0.15) is 0 Å². The molecule has 1 saturated heterocycles. The van der Waals surface area contributed by atoms with Crippen molar-refractivity contribution in [3.05, 3.63) is 34.9 Å². The number of amides is 1. The first-order chi connectivity index (χ1) is 8.97. The Kier molecular flexibility index (Phi) is 4.10. The van der Waals surface area contributed by atoms with Gasteiger partial charge < -0.3 is 10.0 Å². The molecule has 1 aliphatic heterocycles. The lowest BCUT2D eigenvalue weighted by Gasteiger charge is -2.14. The number of halogens is 1. The Morgan fingerprint density at radius 2 is 1.95 bits per heavy atom. The van der Waals surface area contributed by atoms with E-state index < -0.39 is 11.9 Å². The predicted octanol–water partition coefficient (Wildman–Crippen LogP) is 2.06. The van der Waals surface area contributed by atoms with Crippen LogP contribution in [0.3, 0.4) is 0 Å². The molecule has 2 unspecified atom stereocenters. The van der Waals surface area contributed by atoms with E-state index >= 15 is 0 Å². The number of rotatable bonds is 3. The van der Waals surface area contributed by atoms with E-state index in [9.17, 15) is 14.7 Å². The summed E-state index contributed by atoms with van der Waals surface area (Å²) >= 11 is 5.83. The minimum atomic E-state index is -0.831. The van der Waals surface area contributed by atoms with Crippen LogP contribution in [0.5, 0.6) is 0 Å². The zero-order chi connectivity index (χ0) is 14.0. The van der Waals surface area contributed by atoms with Gasteiger partial charge in [-0.3, -0.25) is 9.59 Å². The Bertz CT molecular complexity index is 486. The Balaban J connectivity index is 2.10. The Morgan fingerprint density at radius 1 is 1.32 bits per heavy atom. The van der Waals surface area contributed by atoms with Crippen LogP contribution in [0.15, 0.2) is 24.3 Å². The molecule has 1 fully saturated rings. The topological polar surface area (TPSA) is 57.6 Å². The molecule has 1 amide bonds. The van der Waals surface area contributed by atoms with Crippen LogP contribution >= 0.6 is 11.6 Å². The van der Waals surface area contributed by atoms with Gasteiger partial charge in [-0.05, 0) is 30.0 Å². The van der Waals surface area contributed by atoms with Crippen LogP contribution in [-0.2, 0) is 16.0 Å². The van der Waals surface area contributed by atoms with E-state index in [0.29, 0.717) is 24.5 Å². The third kappa shape index (κ3) is 3.26. The maximum Gasteiger partial charge on any atom is 0.308 e. The molecule has 0 bridgehead atoms. The molecule has 0 radical (unpaired) electrons. The van der Waals surface area contributed by atoms with E-state index in [1.165, 1.54) is 6.92 Å². The summed E-state index contributed by atoms with van der Waals surface area (Å²) in [5.74, 6) is -1.42. The third-order valence-corrected chi connectivity index (χ3v) is 3.87. The zero-order valence-electron chi connectivity index (χ0n) is 10.7. The van der Waals surface area contributed by atoms with Gasteiger partial charge >= 0.3 is 5.97 Å². The normalized spacial score (nSPS) is 22.5. The largest absolute Gasteiger partial charge is 0.481 e. The first-order valence-corrected chi connectivity index (χ1v) is 6.58. The molecular formula is C14H16ClNO3. The van der Waals surface area contributed by atoms with E-state index in [2.05, 4.69) is 0 Å². The van der Waals surface area contributed by atoms with E-state index in [4.69, 9.17) is 11.6 Å². The zero-order valence-corrected chi connectivity index (χ0v) is 11.4. The molecule has 2 atom stereocenters. The van der Waals surface area contributed by atoms with Gasteiger partial charge in [-0.15, -0.1) is 0 Å².